The minimum Gasteiger partial charge on any atom is -0.353 e. The van der Waals surface area contributed by atoms with Crippen molar-refractivity contribution in [3.8, 4) is 0 Å². The third kappa shape index (κ3) is 7.19. The van der Waals surface area contributed by atoms with Crippen LogP contribution in [-0.2, 0) is 11.2 Å². The molecule has 2 atom stereocenters. The first-order valence-electron chi connectivity index (χ1n) is 6.76. The van der Waals surface area contributed by atoms with E-state index in [9.17, 15) is 4.79 Å². The fourth-order valence-electron chi connectivity index (χ4n) is 2.00. The summed E-state index contributed by atoms with van der Waals surface area (Å²) in [5.74, 6) is 0.0928. The molecule has 0 aliphatic rings. The summed E-state index contributed by atoms with van der Waals surface area (Å²) >= 11 is 5.93. The molecular weight excluding hydrogens is 260 g/mol. The Hall–Kier alpha value is -1.06. The molecule has 0 fully saturated rings. The minimum atomic E-state index is 0.0928. The van der Waals surface area contributed by atoms with Gasteiger partial charge in [0.2, 0.25) is 5.91 Å². The zero-order chi connectivity index (χ0) is 14.3. The van der Waals surface area contributed by atoms with Gasteiger partial charge in [0.1, 0.15) is 0 Å². The average molecular weight is 283 g/mol. The van der Waals surface area contributed by atoms with E-state index in [1.807, 2.05) is 38.1 Å². The number of rotatable bonds is 7. The Morgan fingerprint density at radius 2 is 2.16 bits per heavy atom. The van der Waals surface area contributed by atoms with Crippen LogP contribution in [0.2, 0.25) is 5.02 Å². The number of halogens is 1. The summed E-state index contributed by atoms with van der Waals surface area (Å²) in [7, 11) is 0. The molecule has 1 aromatic carbocycles. The van der Waals surface area contributed by atoms with Crippen LogP contribution in [0, 0.1) is 0 Å². The van der Waals surface area contributed by atoms with Crippen LogP contribution >= 0.6 is 11.6 Å². The molecule has 0 spiro atoms. The van der Waals surface area contributed by atoms with Gasteiger partial charge >= 0.3 is 0 Å². The van der Waals surface area contributed by atoms with Crippen LogP contribution in [-0.4, -0.2) is 18.0 Å². The quantitative estimate of drug-likeness (QED) is 0.808. The highest BCUT2D eigenvalue weighted by molar-refractivity contribution is 6.30. The number of nitrogens with one attached hydrogen (secondary N) is 1. The van der Waals surface area contributed by atoms with Gasteiger partial charge in [-0.15, -0.1) is 0 Å². The highest BCUT2D eigenvalue weighted by atomic mass is 35.5. The van der Waals surface area contributed by atoms with Gasteiger partial charge in [-0.3, -0.25) is 4.79 Å². The molecule has 19 heavy (non-hydrogen) atoms. The number of benzene rings is 1. The van der Waals surface area contributed by atoms with Crippen molar-refractivity contribution in [3.63, 3.8) is 0 Å². The summed E-state index contributed by atoms with van der Waals surface area (Å²) in [6.07, 6.45) is 3.06. The molecule has 0 heterocycles. The van der Waals surface area contributed by atoms with E-state index in [0.29, 0.717) is 6.42 Å². The highest BCUT2D eigenvalue weighted by Crippen LogP contribution is 2.12. The zero-order valence-corrected chi connectivity index (χ0v) is 12.4. The van der Waals surface area contributed by atoms with Crippen LogP contribution in [0.25, 0.3) is 0 Å². The number of hydrogen-bond donors (Lipinski definition) is 2. The molecule has 0 aliphatic heterocycles. The molecule has 1 rings (SSSR count). The maximum atomic E-state index is 11.7. The van der Waals surface area contributed by atoms with Crippen LogP contribution in [0.1, 0.15) is 38.7 Å². The predicted molar refractivity (Wildman–Crippen MR) is 80.3 cm³/mol. The number of hydrogen-bond acceptors (Lipinski definition) is 2. The lowest BCUT2D eigenvalue weighted by Crippen LogP contribution is -2.34. The van der Waals surface area contributed by atoms with Gasteiger partial charge in [-0.05, 0) is 50.8 Å². The lowest BCUT2D eigenvalue weighted by Gasteiger charge is -2.14. The Morgan fingerprint density at radius 3 is 2.79 bits per heavy atom. The standard InChI is InChI=1S/C15H23ClN2O/c1-11(17)5-3-8-15(19)18-12(2)9-13-6-4-7-14(16)10-13/h4,6-7,10-12H,3,5,8-9,17H2,1-2H3,(H,18,19). The normalized spacial score (nSPS) is 13.9. The number of amides is 1. The van der Waals surface area contributed by atoms with E-state index in [4.69, 9.17) is 17.3 Å². The van der Waals surface area contributed by atoms with Gasteiger partial charge in [-0.1, -0.05) is 23.7 Å². The van der Waals surface area contributed by atoms with Gasteiger partial charge in [0, 0.05) is 23.5 Å². The van der Waals surface area contributed by atoms with Crippen LogP contribution < -0.4 is 11.1 Å². The second-order valence-corrected chi connectivity index (χ2v) is 5.61. The largest absolute Gasteiger partial charge is 0.353 e. The lowest BCUT2D eigenvalue weighted by atomic mass is 10.1. The van der Waals surface area contributed by atoms with Crippen molar-refractivity contribution in [2.75, 3.05) is 0 Å². The Kier molecular flexibility index (Phi) is 6.89. The number of nitrogens with two attached hydrogens (primary N) is 1. The first-order chi connectivity index (χ1) is 8.97. The van der Waals surface area contributed by atoms with Crippen molar-refractivity contribution in [2.45, 2.75) is 51.6 Å². The summed E-state index contributed by atoms with van der Waals surface area (Å²) in [5, 5.41) is 3.73. The van der Waals surface area contributed by atoms with E-state index in [0.717, 1.165) is 29.8 Å². The first-order valence-corrected chi connectivity index (χ1v) is 7.14. The van der Waals surface area contributed by atoms with Crippen LogP contribution in [0.4, 0.5) is 0 Å². The van der Waals surface area contributed by atoms with Gasteiger partial charge in [-0.2, -0.15) is 0 Å². The van der Waals surface area contributed by atoms with E-state index >= 15 is 0 Å². The topological polar surface area (TPSA) is 55.1 Å². The molecule has 1 amide bonds. The van der Waals surface area contributed by atoms with E-state index in [-0.39, 0.29) is 18.0 Å². The summed E-state index contributed by atoms with van der Waals surface area (Å²) in [6, 6.07) is 8.00. The molecule has 0 bridgehead atoms. The summed E-state index contributed by atoms with van der Waals surface area (Å²) in [5.41, 5.74) is 6.79. The molecule has 3 nitrogen and oxygen atoms in total. The molecule has 0 saturated heterocycles. The van der Waals surface area contributed by atoms with Crippen molar-refractivity contribution < 1.29 is 4.79 Å². The van der Waals surface area contributed by atoms with Crippen molar-refractivity contribution >= 4 is 17.5 Å². The molecule has 1 aromatic rings. The molecule has 4 heteroatoms. The average Bonchev–Trinajstić information content (AvgIpc) is 2.27. The Labute approximate surface area is 120 Å². The summed E-state index contributed by atoms with van der Waals surface area (Å²) < 4.78 is 0. The van der Waals surface area contributed by atoms with Crippen molar-refractivity contribution in [1.29, 1.82) is 0 Å². The Bertz CT molecular complexity index is 407. The molecule has 106 valence electrons. The van der Waals surface area contributed by atoms with E-state index in [1.54, 1.807) is 0 Å². The number of carbonyl (C=O) groups excluding carboxylic acids is 1. The first kappa shape index (κ1) is 16.0. The van der Waals surface area contributed by atoms with Gasteiger partial charge in [0.25, 0.3) is 0 Å². The van der Waals surface area contributed by atoms with Crippen LogP contribution in [0.3, 0.4) is 0 Å². The summed E-state index contributed by atoms with van der Waals surface area (Å²) in [4.78, 5) is 11.7. The van der Waals surface area contributed by atoms with E-state index in [2.05, 4.69) is 5.32 Å². The molecule has 0 saturated carbocycles. The lowest BCUT2D eigenvalue weighted by molar-refractivity contribution is -0.121. The van der Waals surface area contributed by atoms with Crippen molar-refractivity contribution in [3.05, 3.63) is 34.9 Å². The molecule has 0 aromatic heterocycles. The minimum absolute atomic E-state index is 0.0928. The van der Waals surface area contributed by atoms with Crippen molar-refractivity contribution in [2.24, 2.45) is 5.73 Å². The van der Waals surface area contributed by atoms with E-state index < -0.39 is 0 Å². The second-order valence-electron chi connectivity index (χ2n) is 5.17. The van der Waals surface area contributed by atoms with Gasteiger partial charge in [0.05, 0.1) is 0 Å². The molecule has 2 unspecified atom stereocenters. The summed E-state index contributed by atoms with van der Waals surface area (Å²) in [6.45, 7) is 3.96. The third-order valence-corrected chi connectivity index (χ3v) is 3.14. The maximum Gasteiger partial charge on any atom is 0.220 e. The van der Waals surface area contributed by atoms with Gasteiger partial charge in [-0.25, -0.2) is 0 Å². The monoisotopic (exact) mass is 282 g/mol. The molecular formula is C15H23ClN2O. The molecule has 0 radical (unpaired) electrons. The van der Waals surface area contributed by atoms with Gasteiger partial charge < -0.3 is 11.1 Å². The second kappa shape index (κ2) is 8.18. The SMILES string of the molecule is CC(N)CCCC(=O)NC(C)Cc1cccc(Cl)c1. The zero-order valence-electron chi connectivity index (χ0n) is 11.7. The maximum absolute atomic E-state index is 11.7. The van der Waals surface area contributed by atoms with Crippen LogP contribution in [0.5, 0.6) is 0 Å². The Morgan fingerprint density at radius 1 is 1.42 bits per heavy atom. The number of carbonyl (C=O) groups is 1. The van der Waals surface area contributed by atoms with Crippen molar-refractivity contribution in [1.82, 2.24) is 5.32 Å². The molecule has 3 N–H and O–H groups in total. The fourth-order valence-corrected chi connectivity index (χ4v) is 2.21. The Balaban J connectivity index is 2.30. The van der Waals surface area contributed by atoms with Crippen LogP contribution in [0.15, 0.2) is 24.3 Å². The smallest absolute Gasteiger partial charge is 0.220 e. The fraction of sp³-hybridized carbons (Fsp3) is 0.533. The van der Waals surface area contributed by atoms with E-state index in [1.165, 1.54) is 0 Å². The van der Waals surface area contributed by atoms with Gasteiger partial charge in [0.15, 0.2) is 0 Å². The third-order valence-electron chi connectivity index (χ3n) is 2.90. The highest BCUT2D eigenvalue weighted by Gasteiger charge is 2.08. The predicted octanol–water partition coefficient (Wildman–Crippen LogP) is 2.90. The molecule has 0 aliphatic carbocycles.